The molecule has 1 heterocycles. The number of hydrogen-bond donors (Lipinski definition) is 2. The van der Waals surface area contributed by atoms with E-state index < -0.39 is 17.8 Å². The highest BCUT2D eigenvalue weighted by Gasteiger charge is 2.20. The van der Waals surface area contributed by atoms with Gasteiger partial charge in [0.15, 0.2) is 11.0 Å². The van der Waals surface area contributed by atoms with Gasteiger partial charge in [0.05, 0.1) is 17.4 Å². The van der Waals surface area contributed by atoms with Gasteiger partial charge in [0.1, 0.15) is 5.82 Å². The summed E-state index contributed by atoms with van der Waals surface area (Å²) < 4.78 is 16.4. The molecular formula is C20H19BrFN5O2S. The van der Waals surface area contributed by atoms with E-state index in [1.165, 1.54) is 30.0 Å². The number of rotatable bonds is 7. The molecule has 10 heteroatoms. The number of halogens is 2. The number of hydrogen-bond acceptors (Lipinski definition) is 5. The Morgan fingerprint density at radius 2 is 1.87 bits per heavy atom. The first kappa shape index (κ1) is 22.0. The minimum atomic E-state index is -0.590. The highest BCUT2D eigenvalue weighted by atomic mass is 79.9. The molecule has 1 aromatic heterocycles. The number of amides is 2. The van der Waals surface area contributed by atoms with Crippen LogP contribution in [0.3, 0.4) is 0 Å². The average molecular weight is 492 g/mol. The summed E-state index contributed by atoms with van der Waals surface area (Å²) in [5.41, 5.74) is 0.665. The number of carbonyl (C=O) groups excluding carboxylic acids is 2. The molecule has 2 aromatic carbocycles. The number of aromatic nitrogens is 3. The summed E-state index contributed by atoms with van der Waals surface area (Å²) in [6, 6.07) is 12.5. The van der Waals surface area contributed by atoms with Gasteiger partial charge < -0.3 is 15.2 Å². The minimum Gasteiger partial charge on any atom is -0.342 e. The molecule has 0 unspecified atom stereocenters. The third-order valence-electron chi connectivity index (χ3n) is 4.18. The second kappa shape index (κ2) is 9.86. The fourth-order valence-electron chi connectivity index (χ4n) is 2.67. The van der Waals surface area contributed by atoms with Crippen LogP contribution in [0.25, 0.3) is 0 Å². The summed E-state index contributed by atoms with van der Waals surface area (Å²) in [7, 11) is 1.75. The van der Waals surface area contributed by atoms with E-state index in [-0.39, 0.29) is 17.2 Å². The molecule has 0 saturated carbocycles. The SMILES string of the molecule is C[C@@H](NC(=O)c1ccccc1F)c1nnc(SCC(=O)Nc2ccc(Br)cc2)n1C. The van der Waals surface area contributed by atoms with E-state index in [0.29, 0.717) is 16.7 Å². The number of thioether (sulfide) groups is 1. The quantitative estimate of drug-likeness (QED) is 0.488. The van der Waals surface area contributed by atoms with Crippen LogP contribution < -0.4 is 10.6 Å². The molecule has 1 atom stereocenters. The van der Waals surface area contributed by atoms with Crippen LogP contribution in [0.1, 0.15) is 29.1 Å². The summed E-state index contributed by atoms with van der Waals surface area (Å²) in [5.74, 6) is -0.652. The second-order valence-electron chi connectivity index (χ2n) is 6.42. The van der Waals surface area contributed by atoms with E-state index in [2.05, 4.69) is 36.8 Å². The smallest absolute Gasteiger partial charge is 0.254 e. The zero-order valence-corrected chi connectivity index (χ0v) is 18.6. The van der Waals surface area contributed by atoms with Crippen LogP contribution in [-0.4, -0.2) is 32.3 Å². The zero-order chi connectivity index (χ0) is 21.7. The van der Waals surface area contributed by atoms with Gasteiger partial charge in [0, 0.05) is 17.2 Å². The van der Waals surface area contributed by atoms with E-state index >= 15 is 0 Å². The summed E-state index contributed by atoms with van der Waals surface area (Å²) in [6.07, 6.45) is 0. The Morgan fingerprint density at radius 3 is 2.57 bits per heavy atom. The third kappa shape index (κ3) is 5.45. The van der Waals surface area contributed by atoms with Crippen molar-refractivity contribution in [1.82, 2.24) is 20.1 Å². The van der Waals surface area contributed by atoms with Crippen molar-refractivity contribution >= 4 is 45.2 Å². The molecule has 2 amide bonds. The van der Waals surface area contributed by atoms with Gasteiger partial charge in [-0.2, -0.15) is 0 Å². The normalized spacial score (nSPS) is 11.7. The highest BCUT2D eigenvalue weighted by Crippen LogP contribution is 2.20. The van der Waals surface area contributed by atoms with Gasteiger partial charge in [0.2, 0.25) is 5.91 Å². The molecule has 7 nitrogen and oxygen atoms in total. The second-order valence-corrected chi connectivity index (χ2v) is 8.28. The van der Waals surface area contributed by atoms with Crippen molar-refractivity contribution in [1.29, 1.82) is 0 Å². The van der Waals surface area contributed by atoms with Crippen LogP contribution in [-0.2, 0) is 11.8 Å². The lowest BCUT2D eigenvalue weighted by atomic mass is 10.2. The first-order valence-corrected chi connectivity index (χ1v) is 10.8. The molecule has 0 fully saturated rings. The van der Waals surface area contributed by atoms with Crippen molar-refractivity contribution in [2.45, 2.75) is 18.1 Å². The van der Waals surface area contributed by atoms with Gasteiger partial charge in [-0.05, 0) is 43.3 Å². The van der Waals surface area contributed by atoms with Crippen LogP contribution in [0.15, 0.2) is 58.2 Å². The van der Waals surface area contributed by atoms with E-state index in [4.69, 9.17) is 0 Å². The molecule has 0 aliphatic rings. The Bertz CT molecular complexity index is 1060. The van der Waals surface area contributed by atoms with Crippen molar-refractivity contribution in [2.75, 3.05) is 11.1 Å². The number of benzene rings is 2. The van der Waals surface area contributed by atoms with Crippen LogP contribution in [0.2, 0.25) is 0 Å². The van der Waals surface area contributed by atoms with Crippen LogP contribution >= 0.6 is 27.7 Å². The fraction of sp³-hybridized carbons (Fsp3) is 0.200. The first-order valence-electron chi connectivity index (χ1n) is 8.98. The number of nitrogens with one attached hydrogen (secondary N) is 2. The highest BCUT2D eigenvalue weighted by molar-refractivity contribution is 9.10. The molecule has 0 saturated heterocycles. The van der Waals surface area contributed by atoms with E-state index in [0.717, 1.165) is 4.47 Å². The maximum absolute atomic E-state index is 13.8. The Kier molecular flexibility index (Phi) is 7.22. The van der Waals surface area contributed by atoms with Crippen molar-refractivity contribution in [3.63, 3.8) is 0 Å². The molecule has 0 spiro atoms. The standard InChI is InChI=1S/C20H19BrFN5O2S/c1-12(23-19(29)15-5-3-4-6-16(15)22)18-25-26-20(27(18)2)30-11-17(28)24-14-9-7-13(21)8-10-14/h3-10,12H,11H2,1-2H3,(H,23,29)(H,24,28)/t12-/m1/s1. The van der Waals surface area contributed by atoms with Gasteiger partial charge in [-0.15, -0.1) is 10.2 Å². The molecule has 3 rings (SSSR count). The molecule has 3 aromatic rings. The van der Waals surface area contributed by atoms with Crippen molar-refractivity contribution in [3.05, 3.63) is 70.2 Å². The van der Waals surface area contributed by atoms with E-state index in [9.17, 15) is 14.0 Å². The molecular weight excluding hydrogens is 473 g/mol. The Hall–Kier alpha value is -2.72. The lowest BCUT2D eigenvalue weighted by Crippen LogP contribution is -2.29. The molecule has 156 valence electrons. The largest absolute Gasteiger partial charge is 0.342 e. The molecule has 2 N–H and O–H groups in total. The van der Waals surface area contributed by atoms with Gasteiger partial charge in [-0.1, -0.05) is 39.8 Å². The van der Waals surface area contributed by atoms with Crippen LogP contribution in [0, 0.1) is 5.82 Å². The van der Waals surface area contributed by atoms with E-state index in [1.807, 2.05) is 12.1 Å². The molecule has 0 bridgehead atoms. The molecule has 30 heavy (non-hydrogen) atoms. The van der Waals surface area contributed by atoms with Gasteiger partial charge in [0.25, 0.3) is 5.91 Å². The Balaban J connectivity index is 1.58. The molecule has 0 aliphatic heterocycles. The lowest BCUT2D eigenvalue weighted by molar-refractivity contribution is -0.113. The monoisotopic (exact) mass is 491 g/mol. The summed E-state index contributed by atoms with van der Waals surface area (Å²) in [5, 5.41) is 14.2. The van der Waals surface area contributed by atoms with Crippen LogP contribution in [0.4, 0.5) is 10.1 Å². The summed E-state index contributed by atoms with van der Waals surface area (Å²) in [4.78, 5) is 24.5. The first-order chi connectivity index (χ1) is 14.3. The topological polar surface area (TPSA) is 88.9 Å². The predicted molar refractivity (Wildman–Crippen MR) is 117 cm³/mol. The summed E-state index contributed by atoms with van der Waals surface area (Å²) in [6.45, 7) is 1.73. The predicted octanol–water partition coefficient (Wildman–Crippen LogP) is 3.94. The molecule has 0 radical (unpaired) electrons. The fourth-order valence-corrected chi connectivity index (χ4v) is 3.66. The van der Waals surface area contributed by atoms with Gasteiger partial charge >= 0.3 is 0 Å². The molecule has 0 aliphatic carbocycles. The van der Waals surface area contributed by atoms with Gasteiger partial charge in [-0.25, -0.2) is 4.39 Å². The Labute approximate surface area is 185 Å². The van der Waals surface area contributed by atoms with Crippen molar-refractivity contribution in [3.8, 4) is 0 Å². The number of carbonyl (C=O) groups is 2. The van der Waals surface area contributed by atoms with Gasteiger partial charge in [-0.3, -0.25) is 9.59 Å². The number of anilines is 1. The maximum atomic E-state index is 13.8. The average Bonchev–Trinajstić information content (AvgIpc) is 3.09. The lowest BCUT2D eigenvalue weighted by Gasteiger charge is -2.14. The van der Waals surface area contributed by atoms with Crippen molar-refractivity contribution < 1.29 is 14.0 Å². The Morgan fingerprint density at radius 1 is 1.17 bits per heavy atom. The van der Waals surface area contributed by atoms with Crippen molar-refractivity contribution in [2.24, 2.45) is 7.05 Å². The maximum Gasteiger partial charge on any atom is 0.254 e. The summed E-state index contributed by atoms with van der Waals surface area (Å²) >= 11 is 4.58. The minimum absolute atomic E-state index is 0.0364. The van der Waals surface area contributed by atoms with E-state index in [1.54, 1.807) is 36.7 Å². The zero-order valence-electron chi connectivity index (χ0n) is 16.2. The van der Waals surface area contributed by atoms with Crippen LogP contribution in [0.5, 0.6) is 0 Å². The third-order valence-corrected chi connectivity index (χ3v) is 5.73. The number of nitrogens with zero attached hydrogens (tertiary/aromatic N) is 3.